The van der Waals surface area contributed by atoms with Crippen molar-refractivity contribution in [1.82, 2.24) is 15.0 Å². The minimum absolute atomic E-state index is 0.000637. The van der Waals surface area contributed by atoms with Crippen LogP contribution in [0.3, 0.4) is 0 Å². The molecule has 0 bridgehead atoms. The Morgan fingerprint density at radius 3 is 2.59 bits per heavy atom. The Labute approximate surface area is 159 Å². The van der Waals surface area contributed by atoms with E-state index in [1.807, 2.05) is 35.2 Å². The van der Waals surface area contributed by atoms with Crippen molar-refractivity contribution in [3.63, 3.8) is 0 Å². The molecule has 2 aromatic carbocycles. The predicted molar refractivity (Wildman–Crippen MR) is 103 cm³/mol. The van der Waals surface area contributed by atoms with Crippen LogP contribution in [0.5, 0.6) is 0 Å². The molecule has 0 radical (unpaired) electrons. The fraction of sp³-hybridized carbons (Fsp3) is 0.318. The molecule has 4 rings (SSSR count). The third kappa shape index (κ3) is 3.92. The highest BCUT2D eigenvalue weighted by atomic mass is 16.5. The molecular weight excluding hydrogens is 338 g/mol. The van der Waals surface area contributed by atoms with Crippen LogP contribution in [0.1, 0.15) is 36.2 Å². The van der Waals surface area contributed by atoms with E-state index in [0.29, 0.717) is 24.7 Å². The normalized spacial score (nSPS) is 16.9. The number of likely N-dealkylation sites (tertiary alicyclic amines) is 1. The van der Waals surface area contributed by atoms with Crippen LogP contribution in [0.25, 0.3) is 11.5 Å². The lowest BCUT2D eigenvalue weighted by molar-refractivity contribution is -0.127. The molecule has 1 fully saturated rings. The number of amides is 1. The molecular formula is C22H23N3O2. The van der Waals surface area contributed by atoms with Crippen molar-refractivity contribution in [3.05, 3.63) is 71.5 Å². The summed E-state index contributed by atoms with van der Waals surface area (Å²) in [6, 6.07) is 18.4. The van der Waals surface area contributed by atoms with E-state index in [1.54, 1.807) is 0 Å². The predicted octanol–water partition coefficient (Wildman–Crippen LogP) is 3.86. The van der Waals surface area contributed by atoms with Crippen molar-refractivity contribution in [1.29, 1.82) is 0 Å². The van der Waals surface area contributed by atoms with Crippen LogP contribution in [-0.4, -0.2) is 34.0 Å². The second-order valence-electron chi connectivity index (χ2n) is 6.98. The van der Waals surface area contributed by atoms with Gasteiger partial charge in [0, 0.05) is 31.0 Å². The molecule has 5 heteroatoms. The second kappa shape index (κ2) is 7.74. The highest BCUT2D eigenvalue weighted by Crippen LogP contribution is 2.28. The van der Waals surface area contributed by atoms with Crippen LogP contribution < -0.4 is 0 Å². The third-order valence-corrected chi connectivity index (χ3v) is 5.14. The number of carbonyl (C=O) groups excluding carboxylic acids is 1. The number of hydrogen-bond donors (Lipinski definition) is 0. The lowest BCUT2D eigenvalue weighted by Crippen LogP contribution is -2.27. The Balaban J connectivity index is 1.40. The van der Waals surface area contributed by atoms with E-state index < -0.39 is 0 Å². The third-order valence-electron chi connectivity index (χ3n) is 5.14. The van der Waals surface area contributed by atoms with Gasteiger partial charge in [-0.3, -0.25) is 4.79 Å². The SMILES string of the molecule is CCc1ccc(-c2nc(C3CC(=O)N(CCc4ccccc4)C3)no2)cc1. The first-order chi connectivity index (χ1) is 13.2. The number of nitrogens with zero attached hydrogens (tertiary/aromatic N) is 3. The molecule has 0 spiro atoms. The zero-order valence-corrected chi connectivity index (χ0v) is 15.5. The standard InChI is InChI=1S/C22H23N3O2/c1-2-16-8-10-18(11-9-16)22-23-21(24-27-22)19-14-20(26)25(15-19)13-12-17-6-4-3-5-7-17/h3-11,19H,2,12-15H2,1H3. The molecule has 1 saturated heterocycles. The van der Waals surface area contributed by atoms with E-state index >= 15 is 0 Å². The molecule has 1 unspecified atom stereocenters. The first kappa shape index (κ1) is 17.5. The van der Waals surface area contributed by atoms with E-state index in [-0.39, 0.29) is 11.8 Å². The van der Waals surface area contributed by atoms with Gasteiger partial charge in [0.15, 0.2) is 5.82 Å². The van der Waals surface area contributed by atoms with Gasteiger partial charge in [-0.15, -0.1) is 0 Å². The lowest BCUT2D eigenvalue weighted by Gasteiger charge is -2.15. The van der Waals surface area contributed by atoms with Crippen LogP contribution in [0.4, 0.5) is 0 Å². The minimum Gasteiger partial charge on any atom is -0.342 e. The summed E-state index contributed by atoms with van der Waals surface area (Å²) < 4.78 is 5.45. The maximum Gasteiger partial charge on any atom is 0.257 e. The highest BCUT2D eigenvalue weighted by Gasteiger charge is 2.33. The summed E-state index contributed by atoms with van der Waals surface area (Å²) in [6.45, 7) is 3.50. The summed E-state index contributed by atoms with van der Waals surface area (Å²) in [5.41, 5.74) is 3.43. The fourth-order valence-corrected chi connectivity index (χ4v) is 3.47. The van der Waals surface area contributed by atoms with Gasteiger partial charge < -0.3 is 9.42 Å². The molecule has 3 aromatic rings. The summed E-state index contributed by atoms with van der Waals surface area (Å²) >= 11 is 0. The van der Waals surface area contributed by atoms with Gasteiger partial charge in [-0.05, 0) is 36.1 Å². The van der Waals surface area contributed by atoms with Crippen molar-refractivity contribution in [2.24, 2.45) is 0 Å². The molecule has 0 N–H and O–H groups in total. The number of benzene rings is 2. The summed E-state index contributed by atoms with van der Waals surface area (Å²) in [6.07, 6.45) is 2.31. The fourth-order valence-electron chi connectivity index (χ4n) is 3.47. The topological polar surface area (TPSA) is 59.2 Å². The molecule has 0 aliphatic carbocycles. The molecule has 1 atom stereocenters. The van der Waals surface area contributed by atoms with Gasteiger partial charge in [-0.25, -0.2) is 0 Å². The van der Waals surface area contributed by atoms with Gasteiger partial charge >= 0.3 is 0 Å². The minimum atomic E-state index is 0.000637. The Morgan fingerprint density at radius 2 is 1.85 bits per heavy atom. The summed E-state index contributed by atoms with van der Waals surface area (Å²) in [4.78, 5) is 18.8. The average molecular weight is 361 g/mol. The van der Waals surface area contributed by atoms with Crippen molar-refractivity contribution in [3.8, 4) is 11.5 Å². The Kier molecular flexibility index (Phi) is 5.01. The van der Waals surface area contributed by atoms with Crippen LogP contribution in [0.2, 0.25) is 0 Å². The Morgan fingerprint density at radius 1 is 1.07 bits per heavy atom. The Bertz CT molecular complexity index is 903. The van der Waals surface area contributed by atoms with Gasteiger partial charge in [0.25, 0.3) is 5.89 Å². The number of carbonyl (C=O) groups is 1. The summed E-state index contributed by atoms with van der Waals surface area (Å²) in [7, 11) is 0. The van der Waals surface area contributed by atoms with Crippen LogP contribution in [0, 0.1) is 0 Å². The summed E-state index contributed by atoms with van der Waals surface area (Å²) in [5.74, 6) is 1.30. The molecule has 27 heavy (non-hydrogen) atoms. The largest absolute Gasteiger partial charge is 0.342 e. The quantitative estimate of drug-likeness (QED) is 0.669. The van der Waals surface area contributed by atoms with Gasteiger partial charge in [0.05, 0.1) is 0 Å². The van der Waals surface area contributed by atoms with E-state index in [0.717, 1.165) is 24.9 Å². The number of hydrogen-bond acceptors (Lipinski definition) is 4. The van der Waals surface area contributed by atoms with E-state index in [9.17, 15) is 4.79 Å². The lowest BCUT2D eigenvalue weighted by atomic mass is 10.1. The molecule has 1 aliphatic heterocycles. The summed E-state index contributed by atoms with van der Waals surface area (Å²) in [5, 5.41) is 4.14. The van der Waals surface area contributed by atoms with Crippen molar-refractivity contribution in [2.45, 2.75) is 32.1 Å². The first-order valence-corrected chi connectivity index (χ1v) is 9.47. The molecule has 1 amide bonds. The maximum absolute atomic E-state index is 12.4. The monoisotopic (exact) mass is 361 g/mol. The van der Waals surface area contributed by atoms with Crippen molar-refractivity contribution < 1.29 is 9.32 Å². The molecule has 1 aromatic heterocycles. The van der Waals surface area contributed by atoms with Gasteiger partial charge in [-0.2, -0.15) is 4.98 Å². The number of rotatable bonds is 6. The maximum atomic E-state index is 12.4. The zero-order valence-electron chi connectivity index (χ0n) is 15.5. The van der Waals surface area contributed by atoms with Crippen LogP contribution >= 0.6 is 0 Å². The first-order valence-electron chi connectivity index (χ1n) is 9.47. The van der Waals surface area contributed by atoms with Gasteiger partial charge in [0.1, 0.15) is 0 Å². The van der Waals surface area contributed by atoms with Crippen molar-refractivity contribution in [2.75, 3.05) is 13.1 Å². The second-order valence-corrected chi connectivity index (χ2v) is 6.98. The molecule has 0 saturated carbocycles. The van der Waals surface area contributed by atoms with Crippen LogP contribution in [0.15, 0.2) is 59.1 Å². The molecule has 138 valence electrons. The van der Waals surface area contributed by atoms with E-state index in [4.69, 9.17) is 4.52 Å². The Hall–Kier alpha value is -2.95. The van der Waals surface area contributed by atoms with Gasteiger partial charge in [-0.1, -0.05) is 54.5 Å². The average Bonchev–Trinajstić information content (AvgIpc) is 3.34. The van der Waals surface area contributed by atoms with E-state index in [2.05, 4.69) is 41.3 Å². The van der Waals surface area contributed by atoms with Crippen molar-refractivity contribution >= 4 is 5.91 Å². The molecule has 5 nitrogen and oxygen atoms in total. The van der Waals surface area contributed by atoms with Crippen LogP contribution in [-0.2, 0) is 17.6 Å². The van der Waals surface area contributed by atoms with Gasteiger partial charge in [0.2, 0.25) is 5.91 Å². The zero-order chi connectivity index (χ0) is 18.6. The molecule has 2 heterocycles. The van der Waals surface area contributed by atoms with E-state index in [1.165, 1.54) is 11.1 Å². The number of aryl methyl sites for hydroxylation is 1. The molecule has 1 aliphatic rings. The number of aromatic nitrogens is 2. The highest BCUT2D eigenvalue weighted by molar-refractivity contribution is 5.79. The smallest absolute Gasteiger partial charge is 0.257 e.